The van der Waals surface area contributed by atoms with E-state index in [0.717, 1.165) is 25.6 Å². The summed E-state index contributed by atoms with van der Waals surface area (Å²) in [6.45, 7) is 3.42. The second-order valence-corrected chi connectivity index (χ2v) is 6.76. The Kier molecular flexibility index (Phi) is 4.87. The Morgan fingerprint density at radius 2 is 2.00 bits per heavy atom. The number of hydrogen-bond acceptors (Lipinski definition) is 2. The molecule has 1 N–H and O–H groups in total. The predicted octanol–water partition coefficient (Wildman–Crippen LogP) is 3.75. The van der Waals surface area contributed by atoms with Gasteiger partial charge in [0.05, 0.1) is 10.0 Å². The average Bonchev–Trinajstić information content (AvgIpc) is 2.48. The highest BCUT2D eigenvalue weighted by molar-refractivity contribution is 6.42. The molecule has 110 valence electrons. The summed E-state index contributed by atoms with van der Waals surface area (Å²) in [5.41, 5.74) is 1.28. The molecule has 1 heterocycles. The molecule has 0 radical (unpaired) electrons. The number of rotatable bonds is 3. The molecule has 20 heavy (non-hydrogen) atoms. The molecule has 1 aliphatic carbocycles. The molecular weight excluding hydrogens is 291 g/mol. The molecule has 0 amide bonds. The fourth-order valence-electron chi connectivity index (χ4n) is 3.59. The van der Waals surface area contributed by atoms with E-state index in [9.17, 15) is 0 Å². The van der Waals surface area contributed by atoms with Crippen LogP contribution in [0.15, 0.2) is 18.2 Å². The van der Waals surface area contributed by atoms with E-state index in [1.165, 1.54) is 37.8 Å². The Morgan fingerprint density at radius 3 is 2.85 bits per heavy atom. The minimum atomic E-state index is 0.643. The quantitative estimate of drug-likeness (QED) is 0.914. The van der Waals surface area contributed by atoms with Crippen LogP contribution in [0.4, 0.5) is 0 Å². The molecule has 1 saturated heterocycles. The lowest BCUT2D eigenvalue weighted by Crippen LogP contribution is -2.59. The summed E-state index contributed by atoms with van der Waals surface area (Å²) in [4.78, 5) is 2.67. The summed E-state index contributed by atoms with van der Waals surface area (Å²) >= 11 is 12.1. The summed E-state index contributed by atoms with van der Waals surface area (Å²) in [5, 5.41) is 5.00. The maximum Gasteiger partial charge on any atom is 0.0595 e. The van der Waals surface area contributed by atoms with Gasteiger partial charge < -0.3 is 5.32 Å². The van der Waals surface area contributed by atoms with Crippen molar-refractivity contribution >= 4 is 23.2 Å². The fraction of sp³-hybridized carbons (Fsp3) is 0.625. The monoisotopic (exact) mass is 312 g/mol. The van der Waals surface area contributed by atoms with Gasteiger partial charge in [0.1, 0.15) is 0 Å². The Balaban J connectivity index is 1.60. The number of fused-ring (bicyclic) bond motifs is 1. The molecule has 0 bridgehead atoms. The first-order chi connectivity index (χ1) is 9.74. The second kappa shape index (κ2) is 6.65. The van der Waals surface area contributed by atoms with Crippen LogP contribution in [0.5, 0.6) is 0 Å². The zero-order valence-electron chi connectivity index (χ0n) is 11.7. The van der Waals surface area contributed by atoms with Gasteiger partial charge in [0.2, 0.25) is 0 Å². The number of halogens is 2. The summed E-state index contributed by atoms with van der Waals surface area (Å²) in [7, 11) is 0. The summed E-state index contributed by atoms with van der Waals surface area (Å²) in [5.74, 6) is 0. The highest BCUT2D eigenvalue weighted by Gasteiger charge is 2.32. The van der Waals surface area contributed by atoms with Crippen LogP contribution in [0.1, 0.15) is 31.2 Å². The van der Waals surface area contributed by atoms with Crippen molar-refractivity contribution in [3.8, 4) is 0 Å². The van der Waals surface area contributed by atoms with Crippen molar-refractivity contribution in [3.05, 3.63) is 33.8 Å². The molecule has 1 aliphatic heterocycles. The summed E-state index contributed by atoms with van der Waals surface area (Å²) < 4.78 is 0. The van der Waals surface area contributed by atoms with E-state index >= 15 is 0 Å². The van der Waals surface area contributed by atoms with Crippen LogP contribution in [0.3, 0.4) is 0 Å². The zero-order chi connectivity index (χ0) is 13.9. The maximum atomic E-state index is 6.09. The number of hydrogen-bond donors (Lipinski definition) is 1. The van der Waals surface area contributed by atoms with E-state index in [1.54, 1.807) is 0 Å². The minimum absolute atomic E-state index is 0.643. The molecule has 2 atom stereocenters. The van der Waals surface area contributed by atoms with Crippen molar-refractivity contribution in [2.24, 2.45) is 0 Å². The van der Waals surface area contributed by atoms with Crippen molar-refractivity contribution in [2.75, 3.05) is 19.6 Å². The molecule has 2 fully saturated rings. The zero-order valence-corrected chi connectivity index (χ0v) is 13.3. The fourth-order valence-corrected chi connectivity index (χ4v) is 3.91. The van der Waals surface area contributed by atoms with Crippen LogP contribution >= 0.6 is 23.2 Å². The molecule has 2 aliphatic rings. The lowest BCUT2D eigenvalue weighted by atomic mass is 9.87. The van der Waals surface area contributed by atoms with E-state index < -0.39 is 0 Å². The molecule has 4 heteroatoms. The van der Waals surface area contributed by atoms with Crippen molar-refractivity contribution in [3.63, 3.8) is 0 Å². The molecule has 1 saturated carbocycles. The first-order valence-corrected chi connectivity index (χ1v) is 8.41. The Morgan fingerprint density at radius 1 is 1.15 bits per heavy atom. The maximum absolute atomic E-state index is 6.09. The minimum Gasteiger partial charge on any atom is -0.311 e. The van der Waals surface area contributed by atoms with Crippen molar-refractivity contribution in [1.29, 1.82) is 0 Å². The average molecular weight is 313 g/mol. The number of nitrogens with one attached hydrogen (secondary N) is 1. The third-order valence-corrected chi connectivity index (χ3v) is 5.41. The molecule has 0 aromatic heterocycles. The van der Waals surface area contributed by atoms with Gasteiger partial charge in [0, 0.05) is 31.7 Å². The smallest absolute Gasteiger partial charge is 0.0595 e. The lowest BCUT2D eigenvalue weighted by Gasteiger charge is -2.44. The van der Waals surface area contributed by atoms with Crippen LogP contribution in [0, 0.1) is 0 Å². The van der Waals surface area contributed by atoms with E-state index in [1.807, 2.05) is 12.1 Å². The van der Waals surface area contributed by atoms with Gasteiger partial charge in [-0.1, -0.05) is 42.1 Å². The summed E-state index contributed by atoms with van der Waals surface area (Å²) in [6, 6.07) is 7.45. The highest BCUT2D eigenvalue weighted by atomic mass is 35.5. The number of benzene rings is 1. The van der Waals surface area contributed by atoms with Gasteiger partial charge in [-0.15, -0.1) is 0 Å². The van der Waals surface area contributed by atoms with Crippen LogP contribution in [-0.4, -0.2) is 36.6 Å². The Labute approximate surface area is 131 Å². The van der Waals surface area contributed by atoms with Crippen molar-refractivity contribution < 1.29 is 0 Å². The Hall–Kier alpha value is -0.280. The van der Waals surface area contributed by atoms with Gasteiger partial charge in [0.15, 0.2) is 0 Å². The highest BCUT2D eigenvalue weighted by Crippen LogP contribution is 2.26. The number of piperazine rings is 1. The van der Waals surface area contributed by atoms with Gasteiger partial charge in [0.25, 0.3) is 0 Å². The van der Waals surface area contributed by atoms with E-state index in [-0.39, 0.29) is 0 Å². The molecule has 1 aromatic carbocycles. The van der Waals surface area contributed by atoms with Crippen LogP contribution in [-0.2, 0) is 6.42 Å². The molecule has 0 spiro atoms. The molecule has 2 nitrogen and oxygen atoms in total. The largest absolute Gasteiger partial charge is 0.311 e. The van der Waals surface area contributed by atoms with Gasteiger partial charge in [-0.2, -0.15) is 0 Å². The molecule has 3 rings (SSSR count). The van der Waals surface area contributed by atoms with Gasteiger partial charge in [-0.05, 0) is 37.0 Å². The van der Waals surface area contributed by atoms with Gasteiger partial charge in [-0.3, -0.25) is 4.90 Å². The third kappa shape index (κ3) is 3.30. The van der Waals surface area contributed by atoms with Crippen molar-refractivity contribution in [1.82, 2.24) is 10.2 Å². The molecular formula is C16H22Cl2N2. The first kappa shape index (κ1) is 14.6. The van der Waals surface area contributed by atoms with Crippen LogP contribution in [0.25, 0.3) is 0 Å². The third-order valence-electron chi connectivity index (χ3n) is 4.68. The van der Waals surface area contributed by atoms with E-state index in [2.05, 4.69) is 16.3 Å². The van der Waals surface area contributed by atoms with E-state index in [4.69, 9.17) is 23.2 Å². The second-order valence-electron chi connectivity index (χ2n) is 5.95. The van der Waals surface area contributed by atoms with Gasteiger partial charge >= 0.3 is 0 Å². The Bertz CT molecular complexity index is 462. The normalized spacial score (nSPS) is 27.3. The topological polar surface area (TPSA) is 15.3 Å². The molecule has 1 aromatic rings. The van der Waals surface area contributed by atoms with Crippen LogP contribution < -0.4 is 5.32 Å². The van der Waals surface area contributed by atoms with E-state index in [0.29, 0.717) is 16.1 Å². The molecule has 2 unspecified atom stereocenters. The van der Waals surface area contributed by atoms with Crippen LogP contribution in [0.2, 0.25) is 10.0 Å². The SMILES string of the molecule is Clc1ccc(CCN2CCNC3CCCCC32)cc1Cl. The predicted molar refractivity (Wildman–Crippen MR) is 85.8 cm³/mol. The first-order valence-electron chi connectivity index (χ1n) is 7.65. The summed E-state index contributed by atoms with van der Waals surface area (Å²) in [6.07, 6.45) is 6.51. The van der Waals surface area contributed by atoms with Gasteiger partial charge in [-0.25, -0.2) is 0 Å². The number of nitrogens with zero attached hydrogens (tertiary/aromatic N) is 1. The standard InChI is InChI=1S/C16H22Cl2N2/c17-13-6-5-12(11-14(13)18)7-9-20-10-8-19-15-3-1-2-4-16(15)20/h5-6,11,15-16,19H,1-4,7-10H2. The lowest BCUT2D eigenvalue weighted by molar-refractivity contribution is 0.0893. The van der Waals surface area contributed by atoms with Crippen molar-refractivity contribution in [2.45, 2.75) is 44.2 Å².